The molecule has 0 aromatic heterocycles. The number of aryl methyl sites for hydroxylation is 1. The Hall–Kier alpha value is -3.52. The fraction of sp³-hybridized carbons (Fsp3) is 0.667. The van der Waals surface area contributed by atoms with Gasteiger partial charge in [0.1, 0.15) is 17.6 Å². The average Bonchev–Trinajstić information content (AvgIpc) is 3.16. The number of halogens is 1. The Morgan fingerprint density at radius 1 is 0.696 bits per heavy atom. The van der Waals surface area contributed by atoms with Crippen LogP contribution in [0.1, 0.15) is 89.0 Å². The Kier molecular flexibility index (Phi) is 29.4. The zero-order chi connectivity index (χ0) is 41.4. The van der Waals surface area contributed by atoms with Gasteiger partial charge in [-0.1, -0.05) is 12.1 Å². The number of esters is 1. The summed E-state index contributed by atoms with van der Waals surface area (Å²) in [5.74, 6) is -4.19. The van der Waals surface area contributed by atoms with Gasteiger partial charge in [-0.3, -0.25) is 28.8 Å². The van der Waals surface area contributed by atoms with Gasteiger partial charge in [0.2, 0.25) is 17.7 Å². The largest absolute Gasteiger partial charge is 0.481 e. The number of methoxy groups -OCH3 is 1. The first-order valence-electron chi connectivity index (χ1n) is 19.1. The van der Waals surface area contributed by atoms with Gasteiger partial charge < -0.3 is 45.2 Å². The normalized spacial score (nSPS) is 12.0. The quantitative estimate of drug-likeness (QED) is 0.0431. The van der Waals surface area contributed by atoms with E-state index in [-0.39, 0.29) is 82.2 Å². The lowest BCUT2D eigenvalue weighted by Crippen LogP contribution is -2.44. The van der Waals surface area contributed by atoms with E-state index in [0.717, 1.165) is 16.4 Å². The highest BCUT2D eigenvalue weighted by atomic mass is 127. The Balaban J connectivity index is 2.26. The molecule has 0 fully saturated rings. The topological polar surface area (TPSA) is 236 Å². The number of amides is 3. The van der Waals surface area contributed by atoms with Crippen molar-refractivity contribution in [3.63, 3.8) is 0 Å². The van der Waals surface area contributed by atoms with E-state index in [4.69, 9.17) is 29.4 Å². The van der Waals surface area contributed by atoms with Crippen molar-refractivity contribution in [1.82, 2.24) is 10.6 Å². The number of hydrogen-bond acceptors (Lipinski definition) is 12. The van der Waals surface area contributed by atoms with Crippen molar-refractivity contribution >= 4 is 63.8 Å². The molecule has 0 spiro atoms. The minimum Gasteiger partial charge on any atom is -0.481 e. The summed E-state index contributed by atoms with van der Waals surface area (Å²) < 4.78 is 27.7. The van der Waals surface area contributed by atoms with Crippen LogP contribution >= 0.6 is 22.6 Å². The van der Waals surface area contributed by atoms with Crippen LogP contribution in [0, 0.1) is 9.49 Å². The van der Waals surface area contributed by atoms with Crippen LogP contribution in [0.25, 0.3) is 0 Å². The standard InChI is InChI=1S/C39H60IN3O13/c1-52-39(51)34(8-2-3-19-42-36(47)9-4-6-29-10-13-31(40)14-11-29)43-38(50)30(12-17-37(48)49)28-33(45)18-21-54-23-25-56-27-26-55-24-22-53-20-5-7-32(44)15-16-35(41)46/h10-11,13-14,30,34H,2-9,12,15-28H2,1H3,(H2,41,46)(H,42,47)(H,43,50)(H,48,49)/t30-,34?/m1/s1. The molecule has 1 aromatic carbocycles. The highest BCUT2D eigenvalue weighted by Gasteiger charge is 2.28. The smallest absolute Gasteiger partial charge is 0.328 e. The van der Waals surface area contributed by atoms with Crippen LogP contribution in [0.5, 0.6) is 0 Å². The maximum absolute atomic E-state index is 13.2. The first-order chi connectivity index (χ1) is 26.9. The van der Waals surface area contributed by atoms with E-state index in [1.165, 1.54) is 12.7 Å². The van der Waals surface area contributed by atoms with E-state index < -0.39 is 35.7 Å². The highest BCUT2D eigenvalue weighted by Crippen LogP contribution is 2.16. The number of carboxylic acids is 1. The fourth-order valence-electron chi connectivity index (χ4n) is 5.28. The van der Waals surface area contributed by atoms with Crippen molar-refractivity contribution in [2.24, 2.45) is 11.7 Å². The molecule has 0 aliphatic rings. The summed E-state index contributed by atoms with van der Waals surface area (Å²) in [6.45, 7) is 2.83. The van der Waals surface area contributed by atoms with Gasteiger partial charge in [0, 0.05) is 67.6 Å². The number of hydrogen-bond donors (Lipinski definition) is 4. The number of carbonyl (C=O) groups is 7. The minimum absolute atomic E-state index is 0.0132. The van der Waals surface area contributed by atoms with Crippen molar-refractivity contribution < 1.29 is 62.4 Å². The number of primary amides is 1. The summed E-state index contributed by atoms with van der Waals surface area (Å²) in [6, 6.07) is 7.18. The summed E-state index contributed by atoms with van der Waals surface area (Å²) in [6.07, 6.45) is 3.75. The lowest BCUT2D eigenvalue weighted by atomic mass is 9.94. The molecule has 0 aliphatic carbocycles. The van der Waals surface area contributed by atoms with Gasteiger partial charge in [-0.2, -0.15) is 0 Å². The van der Waals surface area contributed by atoms with Gasteiger partial charge in [-0.15, -0.1) is 0 Å². The molecule has 2 atom stereocenters. The maximum Gasteiger partial charge on any atom is 0.328 e. The predicted molar refractivity (Wildman–Crippen MR) is 213 cm³/mol. The lowest BCUT2D eigenvalue weighted by Gasteiger charge is -2.21. The number of ketones is 2. The molecule has 0 radical (unpaired) electrons. The van der Waals surface area contributed by atoms with Crippen LogP contribution in [0.3, 0.4) is 0 Å². The Morgan fingerprint density at radius 3 is 1.93 bits per heavy atom. The summed E-state index contributed by atoms with van der Waals surface area (Å²) >= 11 is 2.25. The third-order valence-electron chi connectivity index (χ3n) is 8.41. The van der Waals surface area contributed by atoms with Crippen LogP contribution < -0.4 is 16.4 Å². The molecule has 0 aliphatic heterocycles. The fourth-order valence-corrected chi connectivity index (χ4v) is 5.64. The zero-order valence-corrected chi connectivity index (χ0v) is 34.7. The molecule has 56 heavy (non-hydrogen) atoms. The van der Waals surface area contributed by atoms with E-state index in [9.17, 15) is 38.7 Å². The summed E-state index contributed by atoms with van der Waals surface area (Å²) in [4.78, 5) is 84.1. The van der Waals surface area contributed by atoms with Gasteiger partial charge in [-0.25, -0.2) is 4.79 Å². The monoisotopic (exact) mass is 905 g/mol. The summed E-state index contributed by atoms with van der Waals surface area (Å²) in [7, 11) is 1.20. The number of ether oxygens (including phenoxy) is 5. The first-order valence-corrected chi connectivity index (χ1v) is 20.2. The van der Waals surface area contributed by atoms with Crippen LogP contribution in [-0.4, -0.2) is 119 Å². The molecule has 1 unspecified atom stereocenters. The van der Waals surface area contributed by atoms with Gasteiger partial charge in [0.25, 0.3) is 0 Å². The zero-order valence-electron chi connectivity index (χ0n) is 32.5. The molecule has 1 rings (SSSR count). The van der Waals surface area contributed by atoms with Crippen LogP contribution in [0.15, 0.2) is 24.3 Å². The predicted octanol–water partition coefficient (Wildman–Crippen LogP) is 3.07. The molecule has 17 heteroatoms. The second kappa shape index (κ2) is 32.6. The average molecular weight is 906 g/mol. The van der Waals surface area contributed by atoms with E-state index in [1.807, 2.05) is 12.1 Å². The maximum atomic E-state index is 13.2. The lowest BCUT2D eigenvalue weighted by molar-refractivity contribution is -0.146. The molecule has 0 bridgehead atoms. The molecule has 3 amide bonds. The highest BCUT2D eigenvalue weighted by molar-refractivity contribution is 14.1. The number of unbranched alkanes of at least 4 members (excludes halogenated alkanes) is 1. The molecule has 16 nitrogen and oxygen atoms in total. The van der Waals surface area contributed by atoms with E-state index in [0.29, 0.717) is 71.7 Å². The number of Topliss-reactive ketones (excluding diaryl/α,β-unsaturated/α-hetero) is 2. The Labute approximate surface area is 343 Å². The number of carbonyl (C=O) groups excluding carboxylic acids is 6. The van der Waals surface area contributed by atoms with E-state index >= 15 is 0 Å². The number of nitrogens with two attached hydrogens (primary N) is 1. The third-order valence-corrected chi connectivity index (χ3v) is 9.13. The van der Waals surface area contributed by atoms with Crippen LogP contribution in [-0.2, 0) is 63.7 Å². The Bertz CT molecular complexity index is 1330. The van der Waals surface area contributed by atoms with Gasteiger partial charge in [0.05, 0.1) is 53.4 Å². The van der Waals surface area contributed by atoms with Gasteiger partial charge in [0.15, 0.2) is 0 Å². The van der Waals surface area contributed by atoms with E-state index in [1.54, 1.807) is 0 Å². The van der Waals surface area contributed by atoms with Crippen molar-refractivity contribution in [2.75, 3.05) is 66.5 Å². The number of carboxylic acid groups (broad SMARTS) is 1. The number of rotatable bonds is 36. The van der Waals surface area contributed by atoms with Crippen molar-refractivity contribution in [3.8, 4) is 0 Å². The molecule has 316 valence electrons. The molecule has 0 heterocycles. The second-order valence-corrected chi connectivity index (χ2v) is 14.3. The van der Waals surface area contributed by atoms with Crippen molar-refractivity contribution in [2.45, 2.75) is 95.9 Å². The molecular weight excluding hydrogens is 845 g/mol. The summed E-state index contributed by atoms with van der Waals surface area (Å²) in [5.41, 5.74) is 6.20. The molecule has 5 N–H and O–H groups in total. The Morgan fingerprint density at radius 2 is 1.32 bits per heavy atom. The van der Waals surface area contributed by atoms with Crippen LogP contribution in [0.4, 0.5) is 0 Å². The molecule has 0 saturated carbocycles. The third kappa shape index (κ3) is 28.0. The molecular formula is C39H60IN3O13. The molecule has 0 saturated heterocycles. The summed E-state index contributed by atoms with van der Waals surface area (Å²) in [5, 5.41) is 14.7. The van der Waals surface area contributed by atoms with Crippen molar-refractivity contribution in [1.29, 1.82) is 0 Å². The number of nitrogens with one attached hydrogen (secondary N) is 2. The van der Waals surface area contributed by atoms with Crippen LogP contribution in [0.2, 0.25) is 0 Å². The SMILES string of the molecule is COC(=O)C(CCCCNC(=O)CCCc1ccc(I)cc1)NC(=O)[C@H](CCC(=O)O)CC(=O)CCOCCOCCOCCOCCCC(=O)CCC(N)=O. The minimum atomic E-state index is -1.11. The molecule has 1 aromatic rings. The first kappa shape index (κ1) is 50.5. The second-order valence-electron chi connectivity index (χ2n) is 13.1. The van der Waals surface area contributed by atoms with Gasteiger partial charge >= 0.3 is 11.9 Å². The van der Waals surface area contributed by atoms with E-state index in [2.05, 4.69) is 45.4 Å². The number of aliphatic carboxylic acids is 1. The van der Waals surface area contributed by atoms with Crippen molar-refractivity contribution in [3.05, 3.63) is 33.4 Å². The van der Waals surface area contributed by atoms with Gasteiger partial charge in [-0.05, 0) is 85.2 Å². The number of benzene rings is 1.